The van der Waals surface area contributed by atoms with Gasteiger partial charge in [-0.05, 0) is 18.6 Å². The lowest BCUT2D eigenvalue weighted by molar-refractivity contribution is -0.140. The number of carbonyl (C=O) groups excluding carboxylic acids is 2. The van der Waals surface area contributed by atoms with Gasteiger partial charge in [0.15, 0.2) is 0 Å². The Hall–Kier alpha value is -1.69. The summed E-state index contributed by atoms with van der Waals surface area (Å²) in [5.41, 5.74) is 6.28. The van der Waals surface area contributed by atoms with Crippen LogP contribution >= 0.6 is 11.8 Å². The molecule has 0 spiro atoms. The van der Waals surface area contributed by atoms with Crippen molar-refractivity contribution in [2.45, 2.75) is 17.7 Å². The molecule has 1 fully saturated rings. The first-order valence-electron chi connectivity index (χ1n) is 6.01. The molecule has 0 atom stereocenters. The first-order chi connectivity index (χ1) is 9.11. The van der Waals surface area contributed by atoms with Crippen LogP contribution in [0.3, 0.4) is 0 Å². The van der Waals surface area contributed by atoms with Gasteiger partial charge in [-0.15, -0.1) is 11.8 Å². The number of carbonyl (C=O) groups is 2. The van der Waals surface area contributed by atoms with Crippen LogP contribution in [0.2, 0.25) is 0 Å². The molecule has 2 amide bonds. The fourth-order valence-corrected chi connectivity index (χ4v) is 2.82. The van der Waals surface area contributed by atoms with Gasteiger partial charge in [0.2, 0.25) is 11.8 Å². The predicted octanol–water partition coefficient (Wildman–Crippen LogP) is 1.52. The average molecular weight is 280 g/mol. The Bertz CT molecular complexity index is 505. The zero-order chi connectivity index (χ0) is 13.8. The molecule has 1 aromatic rings. The van der Waals surface area contributed by atoms with E-state index in [1.54, 1.807) is 19.2 Å². The first kappa shape index (κ1) is 13.7. The van der Waals surface area contributed by atoms with Crippen molar-refractivity contribution in [2.75, 3.05) is 25.1 Å². The highest BCUT2D eigenvalue weighted by Gasteiger charge is 2.26. The van der Waals surface area contributed by atoms with Gasteiger partial charge in [-0.25, -0.2) is 0 Å². The molecular formula is C13H16N2O3S. The van der Waals surface area contributed by atoms with Crippen LogP contribution < -0.4 is 10.5 Å². The lowest BCUT2D eigenvalue weighted by Gasteiger charge is -2.14. The van der Waals surface area contributed by atoms with E-state index in [1.165, 1.54) is 16.7 Å². The number of hydrogen-bond acceptors (Lipinski definition) is 5. The highest BCUT2D eigenvalue weighted by molar-refractivity contribution is 8.00. The van der Waals surface area contributed by atoms with Gasteiger partial charge < -0.3 is 10.5 Å². The van der Waals surface area contributed by atoms with Crippen LogP contribution in [-0.4, -0.2) is 36.1 Å². The summed E-state index contributed by atoms with van der Waals surface area (Å²) < 4.78 is 5.21. The van der Waals surface area contributed by atoms with E-state index < -0.39 is 0 Å². The molecule has 1 heterocycles. The van der Waals surface area contributed by atoms with Gasteiger partial charge in [0.1, 0.15) is 5.75 Å². The topological polar surface area (TPSA) is 72.6 Å². The normalized spacial score (nSPS) is 14.8. The molecule has 0 aliphatic carbocycles. The number of imide groups is 1. The molecule has 0 bridgehead atoms. The maximum absolute atomic E-state index is 11.9. The van der Waals surface area contributed by atoms with Crippen molar-refractivity contribution in [3.8, 4) is 5.75 Å². The molecule has 5 nitrogen and oxygen atoms in total. The molecule has 1 saturated heterocycles. The molecule has 19 heavy (non-hydrogen) atoms. The Morgan fingerprint density at radius 3 is 2.95 bits per heavy atom. The second-order valence-electron chi connectivity index (χ2n) is 4.24. The van der Waals surface area contributed by atoms with E-state index in [-0.39, 0.29) is 17.6 Å². The van der Waals surface area contributed by atoms with Crippen LogP contribution in [0.15, 0.2) is 23.1 Å². The third-order valence-electron chi connectivity index (χ3n) is 2.91. The minimum atomic E-state index is -0.147. The van der Waals surface area contributed by atoms with Gasteiger partial charge in [0.05, 0.1) is 12.9 Å². The number of methoxy groups -OCH3 is 1. The molecular weight excluding hydrogens is 264 g/mol. The van der Waals surface area contributed by atoms with Gasteiger partial charge in [-0.2, -0.15) is 0 Å². The van der Waals surface area contributed by atoms with Gasteiger partial charge in [0.25, 0.3) is 0 Å². The molecule has 0 saturated carbocycles. The van der Waals surface area contributed by atoms with Gasteiger partial charge >= 0.3 is 0 Å². The molecule has 102 valence electrons. The molecule has 0 aromatic heterocycles. The summed E-state index contributed by atoms with van der Waals surface area (Å²) in [6, 6.07) is 5.29. The average Bonchev–Trinajstić information content (AvgIpc) is 2.83. The van der Waals surface area contributed by atoms with Crippen molar-refractivity contribution in [3.63, 3.8) is 0 Å². The molecule has 2 rings (SSSR count). The predicted molar refractivity (Wildman–Crippen MR) is 74.1 cm³/mol. The Labute approximate surface area is 116 Å². The van der Waals surface area contributed by atoms with E-state index in [2.05, 4.69) is 0 Å². The number of hydrogen-bond donors (Lipinski definition) is 1. The van der Waals surface area contributed by atoms with E-state index in [9.17, 15) is 9.59 Å². The lowest BCUT2D eigenvalue weighted by Crippen LogP contribution is -2.33. The van der Waals surface area contributed by atoms with Crippen LogP contribution in [0.4, 0.5) is 5.69 Å². The number of anilines is 1. The minimum absolute atomic E-state index is 0.0742. The summed E-state index contributed by atoms with van der Waals surface area (Å²) in [5.74, 6) is 0.651. The third-order valence-corrected chi connectivity index (χ3v) is 3.95. The summed E-state index contributed by atoms with van der Waals surface area (Å²) in [4.78, 5) is 25.5. The SMILES string of the molecule is COc1cc(N)ccc1SCC(=O)N1CCCC1=O. The summed E-state index contributed by atoms with van der Waals surface area (Å²) in [5, 5.41) is 0. The molecule has 0 unspecified atom stereocenters. The summed E-state index contributed by atoms with van der Waals surface area (Å²) >= 11 is 1.35. The number of benzene rings is 1. The van der Waals surface area contributed by atoms with Crippen molar-refractivity contribution >= 4 is 29.3 Å². The van der Waals surface area contributed by atoms with Gasteiger partial charge in [-0.1, -0.05) is 0 Å². The molecule has 6 heteroatoms. The van der Waals surface area contributed by atoms with Crippen LogP contribution in [0.5, 0.6) is 5.75 Å². The molecule has 2 N–H and O–H groups in total. The maximum Gasteiger partial charge on any atom is 0.239 e. The number of nitrogen functional groups attached to an aromatic ring is 1. The van der Waals surface area contributed by atoms with E-state index in [1.807, 2.05) is 6.07 Å². The van der Waals surface area contributed by atoms with Crippen LogP contribution in [0, 0.1) is 0 Å². The van der Waals surface area contributed by atoms with Gasteiger partial charge in [0, 0.05) is 29.6 Å². The van der Waals surface area contributed by atoms with E-state index in [0.29, 0.717) is 24.4 Å². The van der Waals surface area contributed by atoms with Crippen molar-refractivity contribution in [2.24, 2.45) is 0 Å². The van der Waals surface area contributed by atoms with Crippen LogP contribution in [0.25, 0.3) is 0 Å². The van der Waals surface area contributed by atoms with Gasteiger partial charge in [-0.3, -0.25) is 14.5 Å². The van der Waals surface area contributed by atoms with E-state index in [0.717, 1.165) is 11.3 Å². The number of nitrogens with zero attached hydrogens (tertiary/aromatic N) is 1. The van der Waals surface area contributed by atoms with Crippen molar-refractivity contribution < 1.29 is 14.3 Å². The molecule has 1 aromatic carbocycles. The monoisotopic (exact) mass is 280 g/mol. The minimum Gasteiger partial charge on any atom is -0.496 e. The number of likely N-dealkylation sites (tertiary alicyclic amines) is 1. The smallest absolute Gasteiger partial charge is 0.239 e. The second kappa shape index (κ2) is 5.97. The maximum atomic E-state index is 11.9. The van der Waals surface area contributed by atoms with E-state index in [4.69, 9.17) is 10.5 Å². The Kier molecular flexibility index (Phi) is 4.31. The number of rotatable bonds is 4. The second-order valence-corrected chi connectivity index (χ2v) is 5.26. The van der Waals surface area contributed by atoms with Crippen LogP contribution in [-0.2, 0) is 9.59 Å². The Morgan fingerprint density at radius 1 is 1.53 bits per heavy atom. The highest BCUT2D eigenvalue weighted by Crippen LogP contribution is 2.31. The fourth-order valence-electron chi connectivity index (χ4n) is 1.93. The standard InChI is InChI=1S/C13H16N2O3S/c1-18-10-7-9(14)4-5-11(10)19-8-13(17)15-6-2-3-12(15)16/h4-5,7H,2-3,6,8,14H2,1H3. The zero-order valence-electron chi connectivity index (χ0n) is 10.7. The third kappa shape index (κ3) is 3.20. The lowest BCUT2D eigenvalue weighted by atomic mass is 10.3. The number of thioether (sulfide) groups is 1. The van der Waals surface area contributed by atoms with Crippen LogP contribution in [0.1, 0.15) is 12.8 Å². The Morgan fingerprint density at radius 2 is 2.32 bits per heavy atom. The summed E-state index contributed by atoms with van der Waals surface area (Å²) in [6.45, 7) is 0.539. The highest BCUT2D eigenvalue weighted by atomic mass is 32.2. The number of amides is 2. The molecule has 1 aliphatic rings. The fraction of sp³-hybridized carbons (Fsp3) is 0.385. The van der Waals surface area contributed by atoms with Crippen molar-refractivity contribution in [1.29, 1.82) is 0 Å². The first-order valence-corrected chi connectivity index (χ1v) is 7.00. The summed E-state index contributed by atoms with van der Waals surface area (Å²) in [6.07, 6.45) is 1.24. The summed E-state index contributed by atoms with van der Waals surface area (Å²) in [7, 11) is 1.56. The van der Waals surface area contributed by atoms with Crippen molar-refractivity contribution in [1.82, 2.24) is 4.90 Å². The van der Waals surface area contributed by atoms with E-state index >= 15 is 0 Å². The Balaban J connectivity index is 1.98. The quantitative estimate of drug-likeness (QED) is 0.668. The molecule has 0 radical (unpaired) electrons. The molecule has 1 aliphatic heterocycles. The number of ether oxygens (including phenoxy) is 1. The largest absolute Gasteiger partial charge is 0.496 e. The zero-order valence-corrected chi connectivity index (χ0v) is 11.5. The number of nitrogens with two attached hydrogens (primary N) is 1. The van der Waals surface area contributed by atoms with Crippen molar-refractivity contribution in [3.05, 3.63) is 18.2 Å².